The number of benzene rings is 4. The molecular formula is C28H15N3O8. The van der Waals surface area contributed by atoms with Crippen molar-refractivity contribution in [1.29, 1.82) is 0 Å². The van der Waals surface area contributed by atoms with Gasteiger partial charge in [-0.15, -0.1) is 0 Å². The van der Waals surface area contributed by atoms with Gasteiger partial charge in [-0.2, -0.15) is 0 Å². The van der Waals surface area contributed by atoms with Gasteiger partial charge in [-0.25, -0.2) is 14.7 Å². The predicted octanol–water partition coefficient (Wildman–Crippen LogP) is 4.64. The number of carbonyl (C=O) groups is 3. The van der Waals surface area contributed by atoms with E-state index in [2.05, 4.69) is 4.98 Å². The van der Waals surface area contributed by atoms with Crippen LogP contribution in [0.5, 0.6) is 5.75 Å². The molecule has 5 aromatic rings. The third kappa shape index (κ3) is 3.80. The highest BCUT2D eigenvalue weighted by molar-refractivity contribution is 6.36. The van der Waals surface area contributed by atoms with E-state index in [4.69, 9.17) is 9.15 Å². The van der Waals surface area contributed by atoms with Crippen LogP contribution >= 0.6 is 0 Å². The van der Waals surface area contributed by atoms with E-state index in [1.807, 2.05) is 0 Å². The Balaban J connectivity index is 1.43. The van der Waals surface area contributed by atoms with Gasteiger partial charge in [0.1, 0.15) is 5.75 Å². The molecule has 0 unspecified atom stereocenters. The van der Waals surface area contributed by atoms with Gasteiger partial charge >= 0.3 is 11.6 Å². The van der Waals surface area contributed by atoms with Crippen LogP contribution in [0.1, 0.15) is 27.6 Å². The third-order valence-electron chi connectivity index (χ3n) is 6.29. The molecule has 11 nitrogen and oxygen atoms in total. The monoisotopic (exact) mass is 521 g/mol. The number of aromatic nitrogens is 1. The summed E-state index contributed by atoms with van der Waals surface area (Å²) in [5, 5.41) is 12.0. The van der Waals surface area contributed by atoms with Gasteiger partial charge in [0.25, 0.3) is 17.5 Å². The van der Waals surface area contributed by atoms with Crippen molar-refractivity contribution in [2.75, 3.05) is 4.90 Å². The highest BCUT2D eigenvalue weighted by Gasteiger charge is 2.35. The molecule has 0 saturated carbocycles. The molecule has 0 atom stereocenters. The molecule has 2 heterocycles. The number of fused-ring (bicyclic) bond motifs is 1. The molecule has 1 aliphatic rings. The number of non-ortho nitro benzene ring substituents is 1. The van der Waals surface area contributed by atoms with Crippen molar-refractivity contribution in [1.82, 2.24) is 4.98 Å². The molecule has 0 spiro atoms. The van der Waals surface area contributed by atoms with E-state index < -0.39 is 28.3 Å². The fourth-order valence-electron chi connectivity index (χ4n) is 4.66. The van der Waals surface area contributed by atoms with Crippen LogP contribution in [0.2, 0.25) is 0 Å². The van der Waals surface area contributed by atoms with E-state index in [9.17, 15) is 29.3 Å². The number of nitro benzene ring substituents is 1. The van der Waals surface area contributed by atoms with Gasteiger partial charge in [0.2, 0.25) is 5.89 Å². The van der Waals surface area contributed by atoms with Crippen LogP contribution in [0.15, 0.2) is 82.0 Å². The number of hydrogen-bond acceptors (Lipinski definition) is 9. The first-order valence-corrected chi connectivity index (χ1v) is 11.6. The molecule has 39 heavy (non-hydrogen) atoms. The van der Waals surface area contributed by atoms with Crippen LogP contribution in [0.25, 0.3) is 33.1 Å². The smallest absolute Gasteiger partial charge is 0.347 e. The van der Waals surface area contributed by atoms with Crippen LogP contribution in [-0.4, -0.2) is 27.7 Å². The van der Waals surface area contributed by atoms with E-state index in [1.165, 1.54) is 61.5 Å². The largest absolute Gasteiger partial charge is 0.427 e. The maximum atomic E-state index is 13.5. The van der Waals surface area contributed by atoms with Gasteiger partial charge in [-0.05, 0) is 54.6 Å². The van der Waals surface area contributed by atoms with Gasteiger partial charge in [-0.1, -0.05) is 12.1 Å². The molecule has 11 heteroatoms. The first-order valence-electron chi connectivity index (χ1n) is 11.6. The van der Waals surface area contributed by atoms with Crippen molar-refractivity contribution in [3.63, 3.8) is 0 Å². The fraction of sp³-hybridized carbons (Fsp3) is 0.0357. The van der Waals surface area contributed by atoms with Crippen molar-refractivity contribution in [3.8, 4) is 17.2 Å². The van der Waals surface area contributed by atoms with Crippen LogP contribution in [0, 0.1) is 10.1 Å². The van der Waals surface area contributed by atoms with Crippen molar-refractivity contribution in [2.24, 2.45) is 0 Å². The molecule has 0 bridgehead atoms. The van der Waals surface area contributed by atoms with Crippen molar-refractivity contribution in [3.05, 3.63) is 104 Å². The zero-order chi connectivity index (χ0) is 27.4. The molecule has 0 radical (unpaired) electrons. The first-order chi connectivity index (χ1) is 18.7. The lowest BCUT2D eigenvalue weighted by molar-refractivity contribution is -0.383. The summed E-state index contributed by atoms with van der Waals surface area (Å²) in [5.41, 5.74) is 0.174. The molecule has 1 aliphatic heterocycles. The van der Waals surface area contributed by atoms with E-state index in [1.54, 1.807) is 18.2 Å². The Bertz CT molecular complexity index is 1960. The highest BCUT2D eigenvalue weighted by Crippen LogP contribution is 2.37. The maximum absolute atomic E-state index is 13.5. The number of nitro groups is 1. The topological polar surface area (TPSA) is 150 Å². The highest BCUT2D eigenvalue weighted by atomic mass is 16.6. The van der Waals surface area contributed by atoms with Gasteiger partial charge < -0.3 is 9.15 Å². The Kier molecular flexibility index (Phi) is 5.28. The summed E-state index contributed by atoms with van der Waals surface area (Å²) >= 11 is 0. The minimum atomic E-state index is -0.721. The van der Waals surface area contributed by atoms with E-state index in [-0.39, 0.29) is 55.8 Å². The zero-order valence-electron chi connectivity index (χ0n) is 20.0. The fourth-order valence-corrected chi connectivity index (χ4v) is 4.66. The van der Waals surface area contributed by atoms with Crippen LogP contribution in [0.3, 0.4) is 0 Å². The SMILES string of the molecule is CC(=O)Oc1ccc2nc(-c3cccc(N4C(=O)c5cccc6c([N+](=O)[O-])ccc(c56)C4=O)c3)oc(=O)c2c1. The summed E-state index contributed by atoms with van der Waals surface area (Å²) in [7, 11) is 0. The maximum Gasteiger partial charge on any atom is 0.347 e. The molecule has 0 aliphatic carbocycles. The average Bonchev–Trinajstić information content (AvgIpc) is 2.91. The second-order valence-corrected chi connectivity index (χ2v) is 8.69. The van der Waals surface area contributed by atoms with Crippen molar-refractivity contribution in [2.45, 2.75) is 6.92 Å². The number of ether oxygens (including phenoxy) is 1. The summed E-state index contributed by atoms with van der Waals surface area (Å²) in [5.74, 6) is -1.73. The molecule has 1 aromatic heterocycles. The van der Waals surface area contributed by atoms with E-state index >= 15 is 0 Å². The van der Waals surface area contributed by atoms with Crippen LogP contribution in [0.4, 0.5) is 11.4 Å². The first kappa shape index (κ1) is 23.7. The van der Waals surface area contributed by atoms with E-state index in [0.29, 0.717) is 5.56 Å². The summed E-state index contributed by atoms with van der Waals surface area (Å²) in [4.78, 5) is 67.2. The summed E-state index contributed by atoms with van der Waals surface area (Å²) < 4.78 is 10.4. The standard InChI is InChI=1S/C28H15N3O8/c1-14(32)38-17-8-10-22-21(13-17)28(35)39-25(29-22)15-4-2-5-16(12-15)30-26(33)19-7-3-6-18-23(31(36)37)11-9-20(24(18)19)27(30)34/h2-13H,1H3. The van der Waals surface area contributed by atoms with Gasteiger partial charge in [-0.3, -0.25) is 24.5 Å². The molecule has 0 saturated heterocycles. The summed E-state index contributed by atoms with van der Waals surface area (Å²) in [6.45, 7) is 1.24. The lowest BCUT2D eigenvalue weighted by Crippen LogP contribution is -2.40. The molecule has 2 amide bonds. The quantitative estimate of drug-likeness (QED) is 0.108. The minimum absolute atomic E-state index is 0.0513. The Morgan fingerprint density at radius 2 is 1.67 bits per heavy atom. The predicted molar refractivity (Wildman–Crippen MR) is 139 cm³/mol. The number of anilines is 1. The van der Waals surface area contributed by atoms with Crippen molar-refractivity contribution >= 4 is 50.8 Å². The molecule has 4 aromatic carbocycles. The minimum Gasteiger partial charge on any atom is -0.427 e. The lowest BCUT2D eigenvalue weighted by atomic mass is 9.92. The summed E-state index contributed by atoms with van der Waals surface area (Å²) in [6.07, 6.45) is 0. The van der Waals surface area contributed by atoms with Gasteiger partial charge in [0, 0.05) is 35.1 Å². The van der Waals surface area contributed by atoms with Crippen LogP contribution in [-0.2, 0) is 4.79 Å². The average molecular weight is 521 g/mol. The Morgan fingerprint density at radius 1 is 0.923 bits per heavy atom. The number of rotatable bonds is 4. The lowest BCUT2D eigenvalue weighted by Gasteiger charge is -2.27. The number of carbonyl (C=O) groups excluding carboxylic acids is 3. The summed E-state index contributed by atoms with van der Waals surface area (Å²) in [6, 6.07) is 17.7. The molecule has 6 rings (SSSR count). The second-order valence-electron chi connectivity index (χ2n) is 8.69. The number of amides is 2. The molecular weight excluding hydrogens is 506 g/mol. The van der Waals surface area contributed by atoms with E-state index in [0.717, 1.165) is 4.90 Å². The Labute approximate surface area is 218 Å². The molecule has 0 fully saturated rings. The zero-order valence-corrected chi connectivity index (χ0v) is 20.0. The van der Waals surface area contributed by atoms with Crippen molar-refractivity contribution < 1.29 is 28.5 Å². The van der Waals surface area contributed by atoms with Gasteiger partial charge in [0.05, 0.1) is 26.9 Å². The number of nitrogens with zero attached hydrogens (tertiary/aromatic N) is 3. The van der Waals surface area contributed by atoms with Crippen LogP contribution < -0.4 is 15.3 Å². The number of imide groups is 1. The molecule has 0 N–H and O–H groups in total. The normalized spacial score (nSPS) is 12.7. The van der Waals surface area contributed by atoms with Gasteiger partial charge in [0.15, 0.2) is 0 Å². The third-order valence-corrected chi connectivity index (χ3v) is 6.29. The number of hydrogen-bond donors (Lipinski definition) is 0. The second kappa shape index (κ2) is 8.70. The Hall–Kier alpha value is -5.71. The Morgan fingerprint density at radius 3 is 2.41 bits per heavy atom. The molecule has 190 valence electrons. The number of esters is 1.